The van der Waals surface area contributed by atoms with E-state index in [1.165, 1.54) is 16.4 Å². The largest absolute Gasteiger partial charge is 0.497 e. The normalized spacial score (nSPS) is 10.6. The lowest BCUT2D eigenvalue weighted by Crippen LogP contribution is -2.12. The van der Waals surface area contributed by atoms with Crippen molar-refractivity contribution < 1.29 is 9.47 Å². The molecule has 0 atom stereocenters. The molecule has 1 aromatic heterocycles. The average Bonchev–Trinajstić information content (AvgIpc) is 2.81. The SMILES string of the molecule is COCCSc1nnc(-c2ccc(OC)cc2)n1N. The summed E-state index contributed by atoms with van der Waals surface area (Å²) in [5, 5.41) is 8.85. The minimum Gasteiger partial charge on any atom is -0.497 e. The maximum Gasteiger partial charge on any atom is 0.210 e. The van der Waals surface area contributed by atoms with Crippen LogP contribution in [0.4, 0.5) is 0 Å². The molecule has 0 saturated heterocycles. The van der Waals surface area contributed by atoms with Crippen LogP contribution in [0.5, 0.6) is 5.75 Å². The number of nitrogen functional groups attached to an aromatic ring is 1. The Bertz CT molecular complexity index is 527. The number of rotatable bonds is 6. The molecule has 2 aromatic rings. The Morgan fingerprint density at radius 1 is 1.21 bits per heavy atom. The van der Waals surface area contributed by atoms with E-state index in [9.17, 15) is 0 Å². The zero-order valence-corrected chi connectivity index (χ0v) is 11.7. The van der Waals surface area contributed by atoms with Crippen molar-refractivity contribution in [2.75, 3.05) is 32.4 Å². The second-order valence-corrected chi connectivity index (χ2v) is 4.81. The Labute approximate surface area is 115 Å². The predicted octanol–water partition coefficient (Wildman–Crippen LogP) is 1.41. The third-order valence-electron chi connectivity index (χ3n) is 2.53. The summed E-state index contributed by atoms with van der Waals surface area (Å²) in [6.07, 6.45) is 0. The van der Waals surface area contributed by atoms with Crippen molar-refractivity contribution in [3.05, 3.63) is 24.3 Å². The molecule has 1 heterocycles. The van der Waals surface area contributed by atoms with E-state index >= 15 is 0 Å². The van der Waals surface area contributed by atoms with Gasteiger partial charge in [0.2, 0.25) is 5.16 Å². The van der Waals surface area contributed by atoms with Crippen LogP contribution in [0.15, 0.2) is 29.4 Å². The van der Waals surface area contributed by atoms with E-state index in [0.717, 1.165) is 17.1 Å². The number of hydrogen-bond donors (Lipinski definition) is 1. The van der Waals surface area contributed by atoms with Crippen molar-refractivity contribution in [1.82, 2.24) is 14.9 Å². The number of aromatic nitrogens is 3. The summed E-state index contributed by atoms with van der Waals surface area (Å²) in [6, 6.07) is 7.52. The number of thioether (sulfide) groups is 1. The topological polar surface area (TPSA) is 75.2 Å². The summed E-state index contributed by atoms with van der Waals surface area (Å²) in [5.74, 6) is 8.19. The summed E-state index contributed by atoms with van der Waals surface area (Å²) >= 11 is 1.51. The smallest absolute Gasteiger partial charge is 0.210 e. The van der Waals surface area contributed by atoms with Gasteiger partial charge in [-0.2, -0.15) is 0 Å². The number of nitrogens with zero attached hydrogens (tertiary/aromatic N) is 3. The van der Waals surface area contributed by atoms with Gasteiger partial charge in [0.1, 0.15) is 5.75 Å². The van der Waals surface area contributed by atoms with Crippen LogP contribution in [0, 0.1) is 0 Å². The molecule has 6 nitrogen and oxygen atoms in total. The monoisotopic (exact) mass is 280 g/mol. The number of hydrogen-bond acceptors (Lipinski definition) is 6. The van der Waals surface area contributed by atoms with Crippen molar-refractivity contribution in [2.45, 2.75) is 5.16 Å². The molecular weight excluding hydrogens is 264 g/mol. The van der Waals surface area contributed by atoms with E-state index < -0.39 is 0 Å². The second-order valence-electron chi connectivity index (χ2n) is 3.75. The molecule has 102 valence electrons. The molecule has 0 aliphatic carbocycles. The first kappa shape index (κ1) is 13.7. The van der Waals surface area contributed by atoms with Crippen LogP contribution < -0.4 is 10.6 Å². The fourth-order valence-electron chi connectivity index (χ4n) is 1.53. The Morgan fingerprint density at radius 2 is 1.95 bits per heavy atom. The third kappa shape index (κ3) is 3.18. The van der Waals surface area contributed by atoms with E-state index in [4.69, 9.17) is 15.3 Å². The molecule has 0 bridgehead atoms. The lowest BCUT2D eigenvalue weighted by atomic mass is 10.2. The van der Waals surface area contributed by atoms with Gasteiger partial charge in [-0.3, -0.25) is 0 Å². The summed E-state index contributed by atoms with van der Waals surface area (Å²) < 4.78 is 11.6. The highest BCUT2D eigenvalue weighted by Crippen LogP contribution is 2.23. The molecule has 0 aliphatic rings. The van der Waals surface area contributed by atoms with Crippen molar-refractivity contribution >= 4 is 11.8 Å². The van der Waals surface area contributed by atoms with Gasteiger partial charge in [-0.15, -0.1) is 10.2 Å². The first-order valence-corrected chi connectivity index (χ1v) is 6.71. The molecule has 19 heavy (non-hydrogen) atoms. The molecule has 0 radical (unpaired) electrons. The Hall–Kier alpha value is -1.73. The van der Waals surface area contributed by atoms with Gasteiger partial charge in [0.25, 0.3) is 0 Å². The maximum atomic E-state index is 5.99. The molecule has 0 fully saturated rings. The summed E-state index contributed by atoms with van der Waals surface area (Å²) in [4.78, 5) is 0. The van der Waals surface area contributed by atoms with Gasteiger partial charge in [0, 0.05) is 18.4 Å². The molecular formula is C12H16N4O2S. The van der Waals surface area contributed by atoms with Gasteiger partial charge in [-0.25, -0.2) is 4.68 Å². The Kier molecular flexibility index (Phi) is 4.64. The van der Waals surface area contributed by atoms with Crippen LogP contribution in [0.25, 0.3) is 11.4 Å². The highest BCUT2D eigenvalue weighted by Gasteiger charge is 2.11. The van der Waals surface area contributed by atoms with Crippen molar-refractivity contribution in [2.24, 2.45) is 0 Å². The second kappa shape index (κ2) is 6.44. The average molecular weight is 280 g/mol. The lowest BCUT2D eigenvalue weighted by Gasteiger charge is -2.04. The van der Waals surface area contributed by atoms with Gasteiger partial charge < -0.3 is 15.3 Å². The molecule has 2 N–H and O–H groups in total. The lowest BCUT2D eigenvalue weighted by molar-refractivity contribution is 0.218. The van der Waals surface area contributed by atoms with Gasteiger partial charge in [-0.05, 0) is 24.3 Å². The molecule has 0 saturated carbocycles. The standard InChI is InChI=1S/C12H16N4O2S/c1-17-7-8-19-12-15-14-11(16(12)13)9-3-5-10(18-2)6-4-9/h3-6H,7-8,13H2,1-2H3. The fourth-order valence-corrected chi connectivity index (χ4v) is 2.29. The summed E-state index contributed by atoms with van der Waals surface area (Å²) in [6.45, 7) is 0.648. The van der Waals surface area contributed by atoms with Gasteiger partial charge in [0.15, 0.2) is 5.82 Å². The third-order valence-corrected chi connectivity index (χ3v) is 3.44. The van der Waals surface area contributed by atoms with Crippen LogP contribution in [0.3, 0.4) is 0 Å². The molecule has 0 amide bonds. The summed E-state index contributed by atoms with van der Waals surface area (Å²) in [5.41, 5.74) is 0.898. The molecule has 2 rings (SSSR count). The van der Waals surface area contributed by atoms with Gasteiger partial charge >= 0.3 is 0 Å². The van der Waals surface area contributed by atoms with Gasteiger partial charge in [0.05, 0.1) is 13.7 Å². The Balaban J connectivity index is 2.15. The minimum absolute atomic E-state index is 0.627. The maximum absolute atomic E-state index is 5.99. The highest BCUT2D eigenvalue weighted by molar-refractivity contribution is 7.99. The van der Waals surface area contributed by atoms with Crippen LogP contribution in [0.1, 0.15) is 0 Å². The van der Waals surface area contributed by atoms with E-state index in [1.54, 1.807) is 14.2 Å². The van der Waals surface area contributed by atoms with Crippen LogP contribution in [-0.4, -0.2) is 41.5 Å². The van der Waals surface area contributed by atoms with Crippen molar-refractivity contribution in [3.8, 4) is 17.1 Å². The molecule has 0 unspecified atom stereocenters. The number of methoxy groups -OCH3 is 2. The van der Waals surface area contributed by atoms with Crippen LogP contribution >= 0.6 is 11.8 Å². The Morgan fingerprint density at radius 3 is 2.58 bits per heavy atom. The van der Waals surface area contributed by atoms with Gasteiger partial charge in [-0.1, -0.05) is 11.8 Å². The fraction of sp³-hybridized carbons (Fsp3) is 0.333. The van der Waals surface area contributed by atoms with E-state index in [0.29, 0.717) is 17.6 Å². The zero-order valence-electron chi connectivity index (χ0n) is 10.9. The van der Waals surface area contributed by atoms with Crippen LogP contribution in [-0.2, 0) is 4.74 Å². The zero-order chi connectivity index (χ0) is 13.7. The van der Waals surface area contributed by atoms with E-state index in [1.807, 2.05) is 24.3 Å². The highest BCUT2D eigenvalue weighted by atomic mass is 32.2. The van der Waals surface area contributed by atoms with Crippen LogP contribution in [0.2, 0.25) is 0 Å². The molecule has 7 heteroatoms. The first-order valence-electron chi connectivity index (χ1n) is 5.73. The van der Waals surface area contributed by atoms with E-state index in [2.05, 4.69) is 10.2 Å². The molecule has 0 aliphatic heterocycles. The van der Waals surface area contributed by atoms with Crippen molar-refractivity contribution in [3.63, 3.8) is 0 Å². The molecule has 1 aromatic carbocycles. The van der Waals surface area contributed by atoms with E-state index in [-0.39, 0.29) is 0 Å². The number of benzene rings is 1. The first-order chi connectivity index (χ1) is 9.26. The quantitative estimate of drug-likeness (QED) is 0.490. The minimum atomic E-state index is 0.627. The summed E-state index contributed by atoms with van der Waals surface area (Å²) in [7, 11) is 3.29. The predicted molar refractivity (Wildman–Crippen MR) is 74.8 cm³/mol. The van der Waals surface area contributed by atoms with Crippen molar-refractivity contribution in [1.29, 1.82) is 0 Å². The number of ether oxygens (including phenoxy) is 2. The number of nitrogens with two attached hydrogens (primary N) is 1. The molecule has 0 spiro atoms.